The first-order valence-corrected chi connectivity index (χ1v) is 6.56. The lowest BCUT2D eigenvalue weighted by atomic mass is 10.1. The zero-order valence-corrected chi connectivity index (χ0v) is 11.3. The van der Waals surface area contributed by atoms with Gasteiger partial charge in [-0.3, -0.25) is 0 Å². The maximum atomic E-state index is 5.82. The monoisotopic (exact) mass is 264 g/mol. The zero-order valence-electron chi connectivity index (χ0n) is 11.3. The summed E-state index contributed by atoms with van der Waals surface area (Å²) in [5, 5.41) is 4.36. The quantitative estimate of drug-likeness (QED) is 0.791. The molecule has 4 nitrogen and oxygen atoms in total. The number of aromatic nitrogens is 3. The van der Waals surface area contributed by atoms with Gasteiger partial charge in [0.1, 0.15) is 0 Å². The minimum absolute atomic E-state index is 0.00551. The van der Waals surface area contributed by atoms with Gasteiger partial charge in [-0.25, -0.2) is 9.67 Å². The van der Waals surface area contributed by atoms with Gasteiger partial charge in [0.2, 0.25) is 0 Å². The van der Waals surface area contributed by atoms with Crippen LogP contribution >= 0.6 is 0 Å². The van der Waals surface area contributed by atoms with Crippen LogP contribution in [0.2, 0.25) is 0 Å². The molecule has 0 aliphatic carbocycles. The summed E-state index contributed by atoms with van der Waals surface area (Å²) in [5.74, 6) is 0.789. The van der Waals surface area contributed by atoms with Gasteiger partial charge in [0, 0.05) is 24.0 Å². The Kier molecular flexibility index (Phi) is 3.31. The van der Waals surface area contributed by atoms with E-state index in [2.05, 4.69) is 22.2 Å². The number of hydrogen-bond acceptors (Lipinski definition) is 3. The average molecular weight is 264 g/mol. The van der Waals surface area contributed by atoms with E-state index in [-0.39, 0.29) is 6.04 Å². The summed E-state index contributed by atoms with van der Waals surface area (Å²) in [6, 6.07) is 14.1. The van der Waals surface area contributed by atoms with Crippen molar-refractivity contribution in [2.24, 2.45) is 5.73 Å². The lowest BCUT2D eigenvalue weighted by Gasteiger charge is -2.05. The molecule has 0 spiro atoms. The van der Waals surface area contributed by atoms with Crippen molar-refractivity contribution in [1.29, 1.82) is 0 Å². The summed E-state index contributed by atoms with van der Waals surface area (Å²) in [5.41, 5.74) is 9.06. The van der Waals surface area contributed by atoms with Gasteiger partial charge in [-0.15, -0.1) is 0 Å². The summed E-state index contributed by atoms with van der Waals surface area (Å²) in [7, 11) is 0. The van der Waals surface area contributed by atoms with Crippen molar-refractivity contribution in [3.63, 3.8) is 0 Å². The molecule has 20 heavy (non-hydrogen) atoms. The Morgan fingerprint density at radius 2 is 1.80 bits per heavy atom. The normalized spacial score (nSPS) is 12.3. The fourth-order valence-corrected chi connectivity index (χ4v) is 2.03. The third-order valence-electron chi connectivity index (χ3n) is 3.22. The van der Waals surface area contributed by atoms with E-state index < -0.39 is 0 Å². The zero-order chi connectivity index (χ0) is 13.9. The summed E-state index contributed by atoms with van der Waals surface area (Å²) < 4.78 is 1.77. The molecule has 100 valence electrons. The average Bonchev–Trinajstić information content (AvgIpc) is 2.98. The van der Waals surface area contributed by atoms with Gasteiger partial charge < -0.3 is 5.73 Å². The first-order valence-electron chi connectivity index (χ1n) is 6.56. The Balaban J connectivity index is 1.90. The van der Waals surface area contributed by atoms with Crippen molar-refractivity contribution < 1.29 is 0 Å². The molecule has 2 aromatic heterocycles. The van der Waals surface area contributed by atoms with Crippen LogP contribution in [0.25, 0.3) is 16.9 Å². The molecule has 3 rings (SSSR count). The summed E-state index contributed by atoms with van der Waals surface area (Å²) >= 11 is 0. The third-order valence-corrected chi connectivity index (χ3v) is 3.22. The summed E-state index contributed by atoms with van der Waals surface area (Å²) in [4.78, 5) is 4.40. The van der Waals surface area contributed by atoms with Crippen LogP contribution in [0.1, 0.15) is 18.5 Å². The molecule has 3 aromatic rings. The highest BCUT2D eigenvalue weighted by Gasteiger charge is 2.05. The van der Waals surface area contributed by atoms with Crippen LogP contribution in [0.15, 0.2) is 61.1 Å². The molecule has 1 aromatic carbocycles. The predicted molar refractivity (Wildman–Crippen MR) is 79.4 cm³/mol. The molecular weight excluding hydrogens is 248 g/mol. The van der Waals surface area contributed by atoms with E-state index in [0.717, 1.165) is 22.5 Å². The van der Waals surface area contributed by atoms with Crippen LogP contribution in [0.4, 0.5) is 0 Å². The Labute approximate surface area is 117 Å². The van der Waals surface area contributed by atoms with Gasteiger partial charge in [-0.1, -0.05) is 36.4 Å². The molecule has 0 saturated heterocycles. The highest BCUT2D eigenvalue weighted by molar-refractivity contribution is 5.61. The minimum Gasteiger partial charge on any atom is -0.324 e. The van der Waals surface area contributed by atoms with Gasteiger partial charge >= 0.3 is 0 Å². The molecule has 0 bridgehead atoms. The van der Waals surface area contributed by atoms with Crippen LogP contribution in [0, 0.1) is 0 Å². The topological polar surface area (TPSA) is 56.7 Å². The maximum Gasteiger partial charge on any atom is 0.153 e. The lowest BCUT2D eigenvalue weighted by molar-refractivity contribution is 0.797. The van der Waals surface area contributed by atoms with Gasteiger partial charge in [-0.2, -0.15) is 5.10 Å². The number of nitrogens with two attached hydrogens (primary N) is 1. The lowest BCUT2D eigenvalue weighted by Crippen LogP contribution is -2.06. The van der Waals surface area contributed by atoms with Crippen molar-refractivity contribution in [1.82, 2.24) is 14.8 Å². The smallest absolute Gasteiger partial charge is 0.153 e. The fraction of sp³-hybridized carbons (Fsp3) is 0.125. The first-order chi connectivity index (χ1) is 9.74. The first kappa shape index (κ1) is 12.6. The molecule has 0 radical (unpaired) electrons. The van der Waals surface area contributed by atoms with Crippen LogP contribution < -0.4 is 5.73 Å². The number of hydrogen-bond donors (Lipinski definition) is 1. The second kappa shape index (κ2) is 5.27. The van der Waals surface area contributed by atoms with E-state index >= 15 is 0 Å². The van der Waals surface area contributed by atoms with E-state index in [1.807, 2.05) is 49.6 Å². The van der Waals surface area contributed by atoms with E-state index in [1.54, 1.807) is 10.9 Å². The second-order valence-electron chi connectivity index (χ2n) is 4.78. The summed E-state index contributed by atoms with van der Waals surface area (Å²) in [6.45, 7) is 1.94. The van der Waals surface area contributed by atoms with Crippen LogP contribution in [-0.2, 0) is 0 Å². The molecule has 0 aliphatic heterocycles. The van der Waals surface area contributed by atoms with Gasteiger partial charge in [0.05, 0.1) is 6.20 Å². The molecule has 2 N–H and O–H groups in total. The molecule has 0 saturated carbocycles. The Bertz CT molecular complexity index is 684. The number of nitrogens with zero attached hydrogens (tertiary/aromatic N) is 3. The van der Waals surface area contributed by atoms with Crippen LogP contribution in [0.5, 0.6) is 0 Å². The SMILES string of the molecule is C[C@@H](N)c1ccc(-n2cc(-c3ccccc3)cn2)nc1. The summed E-state index contributed by atoms with van der Waals surface area (Å²) in [6.07, 6.45) is 5.61. The largest absolute Gasteiger partial charge is 0.324 e. The minimum atomic E-state index is -0.00551. The number of pyridine rings is 1. The van der Waals surface area contributed by atoms with Gasteiger partial charge in [0.25, 0.3) is 0 Å². The van der Waals surface area contributed by atoms with E-state index in [9.17, 15) is 0 Å². The fourth-order valence-electron chi connectivity index (χ4n) is 2.03. The Morgan fingerprint density at radius 3 is 2.45 bits per heavy atom. The molecule has 0 amide bonds. The van der Waals surface area contributed by atoms with Crippen LogP contribution in [0.3, 0.4) is 0 Å². The van der Waals surface area contributed by atoms with Crippen LogP contribution in [-0.4, -0.2) is 14.8 Å². The number of benzene rings is 1. The molecule has 0 aliphatic rings. The maximum absolute atomic E-state index is 5.82. The van der Waals surface area contributed by atoms with Crippen molar-refractivity contribution in [2.75, 3.05) is 0 Å². The molecule has 0 fully saturated rings. The van der Waals surface area contributed by atoms with E-state index in [0.29, 0.717) is 0 Å². The van der Waals surface area contributed by atoms with Crippen molar-refractivity contribution >= 4 is 0 Å². The van der Waals surface area contributed by atoms with Crippen molar-refractivity contribution in [3.8, 4) is 16.9 Å². The standard InChI is InChI=1S/C16H16N4/c1-12(17)14-7-8-16(18-9-14)20-11-15(10-19-20)13-5-3-2-4-6-13/h2-12H,17H2,1H3/t12-/m1/s1. The highest BCUT2D eigenvalue weighted by atomic mass is 15.3. The molecule has 0 unspecified atom stereocenters. The van der Waals surface area contributed by atoms with E-state index in [4.69, 9.17) is 5.73 Å². The van der Waals surface area contributed by atoms with Crippen molar-refractivity contribution in [3.05, 3.63) is 66.6 Å². The van der Waals surface area contributed by atoms with Gasteiger partial charge in [0.15, 0.2) is 5.82 Å². The number of rotatable bonds is 3. The molecule has 2 heterocycles. The predicted octanol–water partition coefficient (Wildman–Crippen LogP) is 2.95. The third kappa shape index (κ3) is 2.46. The highest BCUT2D eigenvalue weighted by Crippen LogP contribution is 2.19. The van der Waals surface area contributed by atoms with Gasteiger partial charge in [-0.05, 0) is 24.1 Å². The van der Waals surface area contributed by atoms with Crippen molar-refractivity contribution in [2.45, 2.75) is 13.0 Å². The molecule has 4 heteroatoms. The molecular formula is C16H16N4. The molecule has 1 atom stereocenters. The second-order valence-corrected chi connectivity index (χ2v) is 4.78. The Hall–Kier alpha value is -2.46. The van der Waals surface area contributed by atoms with E-state index in [1.165, 1.54) is 0 Å². The Morgan fingerprint density at radius 1 is 1.00 bits per heavy atom.